The van der Waals surface area contributed by atoms with E-state index in [2.05, 4.69) is 0 Å². The zero-order valence-corrected chi connectivity index (χ0v) is 12.4. The Morgan fingerprint density at radius 1 is 1.22 bits per heavy atom. The number of hydrogen-bond acceptors (Lipinski definition) is 4. The minimum Gasteiger partial charge on any atom is -0.460 e. The lowest BCUT2D eigenvalue weighted by Gasteiger charge is -2.26. The number of hydroxylamine groups is 2. The van der Waals surface area contributed by atoms with Crippen LogP contribution in [-0.4, -0.2) is 36.7 Å². The second-order valence-corrected chi connectivity index (χ2v) is 5.66. The highest BCUT2D eigenvalue weighted by atomic mass is 16.7. The minimum absolute atomic E-state index is 0.0441. The van der Waals surface area contributed by atoms with Crippen LogP contribution in [0.2, 0.25) is 0 Å². The lowest BCUT2D eigenvalue weighted by atomic mass is 9.91. The van der Waals surface area contributed by atoms with Crippen LogP contribution in [0.15, 0.2) is 0 Å². The van der Waals surface area contributed by atoms with Crippen LogP contribution < -0.4 is 0 Å². The van der Waals surface area contributed by atoms with E-state index in [9.17, 15) is 9.59 Å². The third kappa shape index (κ3) is 6.00. The van der Waals surface area contributed by atoms with Gasteiger partial charge in [-0.1, -0.05) is 13.8 Å². The van der Waals surface area contributed by atoms with E-state index in [0.29, 0.717) is 0 Å². The largest absolute Gasteiger partial charge is 0.460 e. The van der Waals surface area contributed by atoms with Crippen molar-refractivity contribution in [2.75, 3.05) is 14.2 Å². The van der Waals surface area contributed by atoms with Gasteiger partial charge >= 0.3 is 5.97 Å². The quantitative estimate of drug-likeness (QED) is 0.560. The van der Waals surface area contributed by atoms with Crippen LogP contribution in [0.4, 0.5) is 0 Å². The summed E-state index contributed by atoms with van der Waals surface area (Å²) in [6.45, 7) is 9.21. The summed E-state index contributed by atoms with van der Waals surface area (Å²) in [4.78, 5) is 28.6. The van der Waals surface area contributed by atoms with Crippen LogP contribution in [0.25, 0.3) is 0 Å². The van der Waals surface area contributed by atoms with Crippen molar-refractivity contribution in [1.82, 2.24) is 5.06 Å². The van der Waals surface area contributed by atoms with E-state index in [0.717, 1.165) is 5.06 Å². The molecule has 106 valence electrons. The number of hydrogen-bond donors (Lipinski definition) is 0. The summed E-state index contributed by atoms with van der Waals surface area (Å²) in [6.07, 6.45) is 0.0709. The number of ether oxygens (including phenoxy) is 1. The number of esters is 1. The summed E-state index contributed by atoms with van der Waals surface area (Å²) in [5.74, 6) is -0.954. The molecule has 5 nitrogen and oxygen atoms in total. The molecule has 0 aliphatic heterocycles. The van der Waals surface area contributed by atoms with Gasteiger partial charge in [0.05, 0.1) is 19.4 Å². The van der Waals surface area contributed by atoms with Gasteiger partial charge in [-0.3, -0.25) is 14.4 Å². The van der Waals surface area contributed by atoms with E-state index < -0.39 is 11.5 Å². The first-order valence-electron chi connectivity index (χ1n) is 6.12. The molecule has 0 bridgehead atoms. The van der Waals surface area contributed by atoms with Gasteiger partial charge in [0, 0.05) is 7.05 Å². The van der Waals surface area contributed by atoms with Crippen molar-refractivity contribution >= 4 is 11.9 Å². The molecule has 0 aromatic rings. The number of nitrogens with zero attached hydrogens (tertiary/aromatic N) is 1. The zero-order chi connectivity index (χ0) is 14.5. The molecular weight excluding hydrogens is 234 g/mol. The van der Waals surface area contributed by atoms with Crippen LogP contribution >= 0.6 is 0 Å². The molecule has 0 heterocycles. The highest BCUT2D eigenvalue weighted by Crippen LogP contribution is 2.20. The average molecular weight is 259 g/mol. The SMILES string of the molecule is CON(C)C(=O)[C@H](CC(=O)OC(C)(C)C)C(C)C. The molecule has 1 amide bonds. The first-order valence-corrected chi connectivity index (χ1v) is 6.12. The molecule has 0 unspecified atom stereocenters. The number of carbonyl (C=O) groups excluding carboxylic acids is 2. The Kier molecular flexibility index (Phi) is 6.32. The Hall–Kier alpha value is -1.10. The molecule has 5 heteroatoms. The molecule has 1 atom stereocenters. The molecule has 0 aliphatic carbocycles. The topological polar surface area (TPSA) is 55.8 Å². The van der Waals surface area contributed by atoms with Gasteiger partial charge in [-0.15, -0.1) is 0 Å². The molecule has 0 aromatic carbocycles. The van der Waals surface area contributed by atoms with Gasteiger partial charge < -0.3 is 4.74 Å². The maximum Gasteiger partial charge on any atom is 0.307 e. The van der Waals surface area contributed by atoms with Gasteiger partial charge in [0.25, 0.3) is 0 Å². The van der Waals surface area contributed by atoms with E-state index >= 15 is 0 Å². The van der Waals surface area contributed by atoms with Crippen LogP contribution in [0.3, 0.4) is 0 Å². The monoisotopic (exact) mass is 259 g/mol. The molecule has 0 aromatic heterocycles. The predicted molar refractivity (Wildman–Crippen MR) is 68.6 cm³/mol. The summed E-state index contributed by atoms with van der Waals surface area (Å²) in [5, 5.41) is 1.15. The number of rotatable bonds is 5. The number of carbonyl (C=O) groups is 2. The standard InChI is InChI=1S/C13H25NO4/c1-9(2)10(12(16)14(6)17-7)8-11(15)18-13(3,4)5/h9-10H,8H2,1-7H3/t10-/m1/s1. The highest BCUT2D eigenvalue weighted by Gasteiger charge is 2.30. The third-order valence-electron chi connectivity index (χ3n) is 2.51. The first-order chi connectivity index (χ1) is 8.08. The van der Waals surface area contributed by atoms with Gasteiger partial charge in [-0.2, -0.15) is 0 Å². The Morgan fingerprint density at radius 2 is 1.72 bits per heavy atom. The third-order valence-corrected chi connectivity index (χ3v) is 2.51. The van der Waals surface area contributed by atoms with Gasteiger partial charge in [0.1, 0.15) is 5.60 Å². The second kappa shape index (κ2) is 6.73. The lowest BCUT2D eigenvalue weighted by molar-refractivity contribution is -0.178. The smallest absolute Gasteiger partial charge is 0.307 e. The fourth-order valence-corrected chi connectivity index (χ4v) is 1.49. The molecule has 0 aliphatic rings. The Morgan fingerprint density at radius 3 is 2.06 bits per heavy atom. The highest BCUT2D eigenvalue weighted by molar-refractivity contribution is 5.83. The Balaban J connectivity index is 4.65. The van der Waals surface area contributed by atoms with Crippen molar-refractivity contribution in [2.45, 2.75) is 46.6 Å². The maximum atomic E-state index is 12.0. The molecule has 0 saturated carbocycles. The fourth-order valence-electron chi connectivity index (χ4n) is 1.49. The molecule has 0 fully saturated rings. The van der Waals surface area contributed by atoms with Crippen LogP contribution in [-0.2, 0) is 19.2 Å². The molecule has 0 radical (unpaired) electrons. The first kappa shape index (κ1) is 16.9. The van der Waals surface area contributed by atoms with E-state index in [4.69, 9.17) is 9.57 Å². The lowest BCUT2D eigenvalue weighted by Crippen LogP contribution is -2.37. The van der Waals surface area contributed by atoms with Gasteiger partial charge in [-0.05, 0) is 26.7 Å². The van der Waals surface area contributed by atoms with Crippen LogP contribution in [0.1, 0.15) is 41.0 Å². The average Bonchev–Trinajstić information content (AvgIpc) is 2.20. The minimum atomic E-state index is -0.533. The molecule has 0 rings (SSSR count). The maximum absolute atomic E-state index is 12.0. The Bertz CT molecular complexity index is 294. The summed E-state index contributed by atoms with van der Waals surface area (Å²) < 4.78 is 5.23. The van der Waals surface area contributed by atoms with E-state index in [1.165, 1.54) is 14.2 Å². The molecule has 0 N–H and O–H groups in total. The van der Waals surface area contributed by atoms with Crippen molar-refractivity contribution in [3.63, 3.8) is 0 Å². The molecule has 0 saturated heterocycles. The van der Waals surface area contributed by atoms with Gasteiger partial charge in [0.2, 0.25) is 5.91 Å². The van der Waals surface area contributed by atoms with E-state index in [1.54, 1.807) is 20.8 Å². The van der Waals surface area contributed by atoms with Crippen molar-refractivity contribution in [3.8, 4) is 0 Å². The second-order valence-electron chi connectivity index (χ2n) is 5.66. The van der Waals surface area contributed by atoms with Crippen molar-refractivity contribution < 1.29 is 19.2 Å². The van der Waals surface area contributed by atoms with Crippen LogP contribution in [0.5, 0.6) is 0 Å². The molecule has 18 heavy (non-hydrogen) atoms. The summed E-state index contributed by atoms with van der Waals surface area (Å²) in [7, 11) is 2.95. The number of amides is 1. The predicted octanol–water partition coefficient (Wildman–Crippen LogP) is 2.01. The van der Waals surface area contributed by atoms with Gasteiger partial charge in [0.15, 0.2) is 0 Å². The molecule has 0 spiro atoms. The van der Waals surface area contributed by atoms with Gasteiger partial charge in [-0.25, -0.2) is 5.06 Å². The van der Waals surface area contributed by atoms with Crippen molar-refractivity contribution in [1.29, 1.82) is 0 Å². The summed E-state index contributed by atoms with van der Waals surface area (Å²) in [6, 6.07) is 0. The fraction of sp³-hybridized carbons (Fsp3) is 0.846. The van der Waals surface area contributed by atoms with Crippen molar-refractivity contribution in [3.05, 3.63) is 0 Å². The molecular formula is C13H25NO4. The van der Waals surface area contributed by atoms with E-state index in [1.807, 2.05) is 13.8 Å². The van der Waals surface area contributed by atoms with Crippen LogP contribution in [0, 0.1) is 11.8 Å². The Labute approximate surface area is 109 Å². The zero-order valence-electron chi connectivity index (χ0n) is 12.4. The summed E-state index contributed by atoms with van der Waals surface area (Å²) in [5.41, 5.74) is -0.533. The van der Waals surface area contributed by atoms with Crippen molar-refractivity contribution in [2.24, 2.45) is 11.8 Å². The summed E-state index contributed by atoms with van der Waals surface area (Å²) >= 11 is 0. The normalized spacial score (nSPS) is 13.3. The van der Waals surface area contributed by atoms with E-state index in [-0.39, 0.29) is 24.2 Å².